The predicted molar refractivity (Wildman–Crippen MR) is 75.2 cm³/mol. The van der Waals surface area contributed by atoms with Crippen LogP contribution < -0.4 is 0 Å². The lowest BCUT2D eigenvalue weighted by molar-refractivity contribution is 0.663. The maximum absolute atomic E-state index is 4.39. The molecule has 1 unspecified atom stereocenters. The van der Waals surface area contributed by atoms with Crippen molar-refractivity contribution in [1.82, 2.24) is 0 Å². The van der Waals surface area contributed by atoms with Crippen molar-refractivity contribution in [3.05, 3.63) is 23.3 Å². The highest BCUT2D eigenvalue weighted by Gasteiger charge is 2.13. The number of aliphatic imine (C=N–C) groups is 1. The van der Waals surface area contributed by atoms with Gasteiger partial charge < -0.3 is 0 Å². The van der Waals surface area contributed by atoms with Gasteiger partial charge in [-0.15, -0.1) is 0 Å². The van der Waals surface area contributed by atoms with Gasteiger partial charge in [0.15, 0.2) is 0 Å². The van der Waals surface area contributed by atoms with E-state index < -0.39 is 0 Å². The zero-order chi connectivity index (χ0) is 12.9. The predicted octanol–water partition coefficient (Wildman–Crippen LogP) is 4.65. The molecule has 0 saturated carbocycles. The normalized spacial score (nSPS) is 16.1. The summed E-state index contributed by atoms with van der Waals surface area (Å²) in [5.74, 6) is 1.03. The molecule has 0 aliphatic rings. The molecule has 16 heavy (non-hydrogen) atoms. The van der Waals surface area contributed by atoms with Crippen molar-refractivity contribution in [3.8, 4) is 0 Å². The van der Waals surface area contributed by atoms with Gasteiger partial charge in [-0.05, 0) is 48.8 Å². The Morgan fingerprint density at radius 1 is 1.12 bits per heavy atom. The third-order valence-corrected chi connectivity index (χ3v) is 3.42. The summed E-state index contributed by atoms with van der Waals surface area (Å²) >= 11 is 0. The van der Waals surface area contributed by atoms with E-state index in [9.17, 15) is 0 Å². The molecule has 0 saturated heterocycles. The van der Waals surface area contributed by atoms with Gasteiger partial charge in [0.2, 0.25) is 0 Å². The van der Waals surface area contributed by atoms with Crippen molar-refractivity contribution in [2.24, 2.45) is 16.8 Å². The van der Waals surface area contributed by atoms with Gasteiger partial charge in [0.1, 0.15) is 0 Å². The topological polar surface area (TPSA) is 12.4 Å². The first-order chi connectivity index (χ1) is 7.36. The summed E-state index contributed by atoms with van der Waals surface area (Å²) < 4.78 is 0. The molecule has 0 bridgehead atoms. The van der Waals surface area contributed by atoms with E-state index >= 15 is 0 Å². The van der Waals surface area contributed by atoms with Gasteiger partial charge in [-0.2, -0.15) is 0 Å². The minimum Gasteiger partial charge on any atom is -0.293 e. The lowest BCUT2D eigenvalue weighted by Crippen LogP contribution is -2.12. The third kappa shape index (κ3) is 3.62. The fraction of sp³-hybridized carbons (Fsp3) is 0.667. The molecule has 0 radical (unpaired) electrons. The Morgan fingerprint density at radius 3 is 1.94 bits per heavy atom. The molecule has 0 N–H and O–H groups in total. The summed E-state index contributed by atoms with van der Waals surface area (Å²) in [4.78, 5) is 4.39. The maximum atomic E-state index is 4.39. The first-order valence-corrected chi connectivity index (χ1v) is 6.20. The highest BCUT2D eigenvalue weighted by atomic mass is 14.7. The van der Waals surface area contributed by atoms with E-state index in [4.69, 9.17) is 0 Å². The van der Waals surface area contributed by atoms with Crippen LogP contribution in [0, 0.1) is 11.8 Å². The summed E-state index contributed by atoms with van der Waals surface area (Å²) in [7, 11) is 1.87. The van der Waals surface area contributed by atoms with E-state index in [0.29, 0.717) is 11.8 Å². The Kier molecular flexibility index (Phi) is 6.32. The van der Waals surface area contributed by atoms with Gasteiger partial charge in [0.25, 0.3) is 0 Å². The largest absolute Gasteiger partial charge is 0.293 e. The van der Waals surface area contributed by atoms with Gasteiger partial charge in [-0.3, -0.25) is 4.99 Å². The molecule has 0 aromatic rings. The standard InChI is InChI=1S/C15H27N/c1-9-11(4)12(5)13(6)14(7)15(16-8)10(2)3/h10-11H,5,9H2,1-4,6-8H3/b14-13-,16-15-. The number of rotatable bonds is 5. The fourth-order valence-corrected chi connectivity index (χ4v) is 1.91. The zero-order valence-electron chi connectivity index (χ0n) is 12.0. The fourth-order valence-electron chi connectivity index (χ4n) is 1.91. The Bertz CT molecular complexity index is 305. The first-order valence-electron chi connectivity index (χ1n) is 6.20. The minimum absolute atomic E-state index is 0.477. The summed E-state index contributed by atoms with van der Waals surface area (Å²) in [5, 5.41) is 0. The van der Waals surface area contributed by atoms with Crippen LogP contribution in [-0.2, 0) is 0 Å². The van der Waals surface area contributed by atoms with Crippen molar-refractivity contribution >= 4 is 5.71 Å². The highest BCUT2D eigenvalue weighted by Crippen LogP contribution is 2.24. The van der Waals surface area contributed by atoms with Gasteiger partial charge in [-0.25, -0.2) is 0 Å². The van der Waals surface area contributed by atoms with Crippen LogP contribution in [0.4, 0.5) is 0 Å². The van der Waals surface area contributed by atoms with Gasteiger partial charge in [-0.1, -0.05) is 34.3 Å². The van der Waals surface area contributed by atoms with Crippen LogP contribution in [0.2, 0.25) is 0 Å². The number of hydrogen-bond donors (Lipinski definition) is 0. The van der Waals surface area contributed by atoms with E-state index in [1.54, 1.807) is 0 Å². The van der Waals surface area contributed by atoms with Crippen LogP contribution in [0.5, 0.6) is 0 Å². The third-order valence-electron chi connectivity index (χ3n) is 3.42. The van der Waals surface area contributed by atoms with Gasteiger partial charge >= 0.3 is 0 Å². The van der Waals surface area contributed by atoms with E-state index in [0.717, 1.165) is 6.42 Å². The maximum Gasteiger partial charge on any atom is 0.0402 e. The van der Waals surface area contributed by atoms with E-state index in [1.165, 1.54) is 22.4 Å². The molecule has 0 fully saturated rings. The molecule has 1 atom stereocenters. The van der Waals surface area contributed by atoms with E-state index in [1.807, 2.05) is 7.05 Å². The molecule has 0 amide bonds. The first kappa shape index (κ1) is 15.2. The Morgan fingerprint density at radius 2 is 1.62 bits per heavy atom. The second-order valence-corrected chi connectivity index (χ2v) is 4.85. The van der Waals surface area contributed by atoms with Crippen LogP contribution >= 0.6 is 0 Å². The Balaban J connectivity index is 5.17. The van der Waals surface area contributed by atoms with Gasteiger partial charge in [0.05, 0.1) is 0 Å². The van der Waals surface area contributed by atoms with Crippen LogP contribution in [0.25, 0.3) is 0 Å². The summed E-state index contributed by atoms with van der Waals surface area (Å²) in [6.07, 6.45) is 1.14. The number of allylic oxidation sites excluding steroid dienone is 3. The Hall–Kier alpha value is -0.850. The molecule has 0 aliphatic carbocycles. The number of hydrogen-bond acceptors (Lipinski definition) is 1. The summed E-state index contributed by atoms with van der Waals surface area (Å²) in [6.45, 7) is 17.3. The molecule has 0 spiro atoms. The SMILES string of the molecule is C=C(/C(C)=C(C)\C(=N/C)C(C)C)C(C)CC. The minimum atomic E-state index is 0.477. The lowest BCUT2D eigenvalue weighted by atomic mass is 9.88. The number of nitrogens with zero attached hydrogens (tertiary/aromatic N) is 1. The van der Waals surface area contributed by atoms with Crippen LogP contribution in [-0.4, -0.2) is 12.8 Å². The quantitative estimate of drug-likeness (QED) is 0.473. The van der Waals surface area contributed by atoms with Crippen LogP contribution in [0.3, 0.4) is 0 Å². The van der Waals surface area contributed by atoms with Crippen LogP contribution in [0.1, 0.15) is 48.0 Å². The monoisotopic (exact) mass is 221 g/mol. The molecule has 0 heterocycles. The molecule has 1 heteroatoms. The molecular formula is C15H27N. The molecule has 92 valence electrons. The summed E-state index contributed by atoms with van der Waals surface area (Å²) in [6, 6.07) is 0. The average Bonchev–Trinajstić information content (AvgIpc) is 2.26. The molecule has 0 rings (SSSR count). The van der Waals surface area contributed by atoms with E-state index in [2.05, 4.69) is 53.1 Å². The average molecular weight is 221 g/mol. The van der Waals surface area contributed by atoms with Crippen molar-refractivity contribution in [2.75, 3.05) is 7.05 Å². The molecule has 0 aromatic heterocycles. The zero-order valence-corrected chi connectivity index (χ0v) is 12.0. The second kappa shape index (κ2) is 6.67. The molecule has 0 aliphatic heterocycles. The molecule has 1 nitrogen and oxygen atoms in total. The highest BCUT2D eigenvalue weighted by molar-refractivity contribution is 6.02. The Labute approximate surface area is 101 Å². The van der Waals surface area contributed by atoms with Gasteiger partial charge in [0, 0.05) is 12.8 Å². The lowest BCUT2D eigenvalue weighted by Gasteiger charge is -2.18. The van der Waals surface area contributed by atoms with E-state index in [-0.39, 0.29) is 0 Å². The van der Waals surface area contributed by atoms with Crippen LogP contribution in [0.15, 0.2) is 28.3 Å². The van der Waals surface area contributed by atoms with Crippen molar-refractivity contribution in [2.45, 2.75) is 48.0 Å². The van der Waals surface area contributed by atoms with Crippen molar-refractivity contribution in [1.29, 1.82) is 0 Å². The molecular weight excluding hydrogens is 194 g/mol. The van der Waals surface area contributed by atoms with Crippen molar-refractivity contribution in [3.63, 3.8) is 0 Å². The second-order valence-electron chi connectivity index (χ2n) is 4.85. The van der Waals surface area contributed by atoms with Crippen molar-refractivity contribution < 1.29 is 0 Å². The molecule has 0 aromatic carbocycles. The smallest absolute Gasteiger partial charge is 0.0402 e. The summed E-state index contributed by atoms with van der Waals surface area (Å²) in [5.41, 5.74) is 5.05.